The summed E-state index contributed by atoms with van der Waals surface area (Å²) in [6, 6.07) is 9.26. The van der Waals surface area contributed by atoms with E-state index in [2.05, 4.69) is 20.2 Å². The molecule has 1 saturated heterocycles. The van der Waals surface area contributed by atoms with Gasteiger partial charge < -0.3 is 19.5 Å². The molecule has 3 rings (SSSR count). The maximum absolute atomic E-state index is 12.6. The molecule has 2 amide bonds. The molecule has 26 heavy (non-hydrogen) atoms. The first kappa shape index (κ1) is 17.9. The number of nitrogens with zero attached hydrogens (tertiary/aromatic N) is 3. The van der Waals surface area contributed by atoms with Crippen LogP contribution in [0.25, 0.3) is 11.5 Å². The van der Waals surface area contributed by atoms with Gasteiger partial charge in [-0.2, -0.15) is 4.98 Å². The molecule has 138 valence electrons. The van der Waals surface area contributed by atoms with Crippen LogP contribution < -0.4 is 5.32 Å². The fourth-order valence-electron chi connectivity index (χ4n) is 3.06. The zero-order valence-corrected chi connectivity index (χ0v) is 14.7. The average Bonchev–Trinajstić information content (AvgIpc) is 3.04. The molecule has 2 aromatic rings. The van der Waals surface area contributed by atoms with E-state index in [0.29, 0.717) is 18.3 Å². The van der Waals surface area contributed by atoms with Gasteiger partial charge in [-0.3, -0.25) is 4.79 Å². The highest BCUT2D eigenvalue weighted by Gasteiger charge is 2.30. The minimum absolute atomic E-state index is 0.118. The van der Waals surface area contributed by atoms with E-state index in [-0.39, 0.29) is 18.5 Å². The largest absolute Gasteiger partial charge is 0.453 e. The summed E-state index contributed by atoms with van der Waals surface area (Å²) in [6.07, 6.45) is 3.06. The SMILES string of the molecule is COC(=O)NCC(=O)N1CCCCC[C@H]1c1noc(-c2ccccc2)n1. The molecule has 8 heteroatoms. The van der Waals surface area contributed by atoms with E-state index in [9.17, 15) is 9.59 Å². The smallest absolute Gasteiger partial charge is 0.407 e. The number of rotatable bonds is 4. The predicted octanol–water partition coefficient (Wildman–Crippen LogP) is 2.54. The van der Waals surface area contributed by atoms with Gasteiger partial charge in [0.1, 0.15) is 6.54 Å². The lowest BCUT2D eigenvalue weighted by atomic mass is 10.1. The van der Waals surface area contributed by atoms with Crippen molar-refractivity contribution in [2.75, 3.05) is 20.2 Å². The van der Waals surface area contributed by atoms with Crippen molar-refractivity contribution < 1.29 is 18.8 Å². The van der Waals surface area contributed by atoms with Crippen LogP contribution in [0.2, 0.25) is 0 Å². The van der Waals surface area contributed by atoms with E-state index in [1.165, 1.54) is 7.11 Å². The number of alkyl carbamates (subject to hydrolysis) is 1. The Morgan fingerprint density at radius 2 is 2.08 bits per heavy atom. The Hall–Kier alpha value is -2.90. The number of methoxy groups -OCH3 is 1. The summed E-state index contributed by atoms with van der Waals surface area (Å²) in [7, 11) is 1.26. The molecule has 0 radical (unpaired) electrons. The first-order valence-corrected chi connectivity index (χ1v) is 8.69. The van der Waals surface area contributed by atoms with Crippen LogP contribution in [0.3, 0.4) is 0 Å². The van der Waals surface area contributed by atoms with Crippen LogP contribution in [-0.4, -0.2) is 47.2 Å². The van der Waals surface area contributed by atoms with Crippen molar-refractivity contribution in [3.63, 3.8) is 0 Å². The number of nitrogens with one attached hydrogen (secondary N) is 1. The number of likely N-dealkylation sites (tertiary alicyclic amines) is 1. The number of ether oxygens (including phenoxy) is 1. The second-order valence-electron chi connectivity index (χ2n) is 6.12. The lowest BCUT2D eigenvalue weighted by Gasteiger charge is -2.27. The Kier molecular flexibility index (Phi) is 5.83. The lowest BCUT2D eigenvalue weighted by molar-refractivity contribution is -0.132. The van der Waals surface area contributed by atoms with Crippen molar-refractivity contribution in [2.24, 2.45) is 0 Å². The van der Waals surface area contributed by atoms with Crippen molar-refractivity contribution >= 4 is 12.0 Å². The van der Waals surface area contributed by atoms with Crippen molar-refractivity contribution in [1.82, 2.24) is 20.4 Å². The monoisotopic (exact) mass is 358 g/mol. The van der Waals surface area contributed by atoms with Crippen molar-refractivity contribution in [3.8, 4) is 11.5 Å². The third kappa shape index (κ3) is 4.19. The molecule has 1 atom stereocenters. The molecule has 1 aliphatic rings. The Balaban J connectivity index is 1.77. The fraction of sp³-hybridized carbons (Fsp3) is 0.444. The second kappa shape index (κ2) is 8.46. The quantitative estimate of drug-likeness (QED) is 0.902. The number of amides is 2. The highest BCUT2D eigenvalue weighted by molar-refractivity contribution is 5.82. The molecule has 0 bridgehead atoms. The van der Waals surface area contributed by atoms with Crippen LogP contribution >= 0.6 is 0 Å². The zero-order valence-electron chi connectivity index (χ0n) is 14.7. The van der Waals surface area contributed by atoms with Crippen LogP contribution in [0.4, 0.5) is 4.79 Å². The number of benzene rings is 1. The van der Waals surface area contributed by atoms with E-state index in [4.69, 9.17) is 4.52 Å². The van der Waals surface area contributed by atoms with Crippen LogP contribution in [0.1, 0.15) is 37.5 Å². The summed E-state index contributed by atoms with van der Waals surface area (Å²) in [6.45, 7) is 0.480. The Morgan fingerprint density at radius 1 is 1.27 bits per heavy atom. The number of hydrogen-bond donors (Lipinski definition) is 1. The Labute approximate surface area is 151 Å². The standard InChI is InChI=1S/C18H22N4O4/c1-25-18(24)19-12-15(23)22-11-7-3-6-10-14(22)16-20-17(26-21-16)13-8-4-2-5-9-13/h2,4-5,8-9,14H,3,6-7,10-12H2,1H3,(H,19,24)/t14-/m0/s1. The van der Waals surface area contributed by atoms with Gasteiger partial charge in [-0.15, -0.1) is 0 Å². The molecular formula is C18H22N4O4. The maximum atomic E-state index is 12.6. The first-order chi connectivity index (χ1) is 12.7. The van der Waals surface area contributed by atoms with E-state index in [1.807, 2.05) is 30.3 Å². The molecule has 8 nitrogen and oxygen atoms in total. The molecule has 1 aromatic heterocycles. The van der Waals surface area contributed by atoms with Crippen LogP contribution in [0.15, 0.2) is 34.9 Å². The van der Waals surface area contributed by atoms with Crippen molar-refractivity contribution in [2.45, 2.75) is 31.7 Å². The lowest BCUT2D eigenvalue weighted by Crippen LogP contribution is -2.42. The van der Waals surface area contributed by atoms with Gasteiger partial charge in [-0.1, -0.05) is 36.2 Å². The van der Waals surface area contributed by atoms with Gasteiger partial charge in [-0.25, -0.2) is 4.79 Å². The first-order valence-electron chi connectivity index (χ1n) is 8.69. The minimum atomic E-state index is -0.629. The average molecular weight is 358 g/mol. The molecule has 0 saturated carbocycles. The number of carbonyl (C=O) groups excluding carboxylic acids is 2. The molecule has 0 aliphatic carbocycles. The topological polar surface area (TPSA) is 97.6 Å². The molecular weight excluding hydrogens is 336 g/mol. The summed E-state index contributed by atoms with van der Waals surface area (Å²) < 4.78 is 9.92. The molecule has 1 fully saturated rings. The van der Waals surface area contributed by atoms with Gasteiger partial charge in [0.15, 0.2) is 5.82 Å². The van der Waals surface area contributed by atoms with E-state index in [0.717, 1.165) is 31.2 Å². The van der Waals surface area contributed by atoms with E-state index < -0.39 is 6.09 Å². The number of hydrogen-bond acceptors (Lipinski definition) is 6. The molecule has 1 N–H and O–H groups in total. The van der Waals surface area contributed by atoms with Crippen LogP contribution in [0, 0.1) is 0 Å². The second-order valence-corrected chi connectivity index (χ2v) is 6.12. The summed E-state index contributed by atoms with van der Waals surface area (Å²) in [5.41, 5.74) is 0.838. The summed E-state index contributed by atoms with van der Waals surface area (Å²) in [5.74, 6) is 0.746. The van der Waals surface area contributed by atoms with Crippen LogP contribution in [0.5, 0.6) is 0 Å². The molecule has 1 aromatic carbocycles. The van der Waals surface area contributed by atoms with Gasteiger partial charge in [0.25, 0.3) is 5.89 Å². The van der Waals surface area contributed by atoms with Gasteiger partial charge >= 0.3 is 6.09 Å². The van der Waals surface area contributed by atoms with Crippen molar-refractivity contribution in [1.29, 1.82) is 0 Å². The molecule has 0 spiro atoms. The highest BCUT2D eigenvalue weighted by atomic mass is 16.5. The summed E-state index contributed by atoms with van der Waals surface area (Å²) >= 11 is 0. The molecule has 2 heterocycles. The molecule has 1 aliphatic heterocycles. The highest BCUT2D eigenvalue weighted by Crippen LogP contribution is 2.30. The number of aromatic nitrogens is 2. The summed E-state index contributed by atoms with van der Waals surface area (Å²) in [5, 5.41) is 6.55. The minimum Gasteiger partial charge on any atom is -0.453 e. The van der Waals surface area contributed by atoms with E-state index in [1.54, 1.807) is 4.90 Å². The summed E-state index contributed by atoms with van der Waals surface area (Å²) in [4.78, 5) is 30.1. The third-order valence-corrected chi connectivity index (χ3v) is 4.40. The number of carbonyl (C=O) groups is 2. The van der Waals surface area contributed by atoms with Gasteiger partial charge in [0.05, 0.1) is 13.2 Å². The third-order valence-electron chi connectivity index (χ3n) is 4.40. The van der Waals surface area contributed by atoms with E-state index >= 15 is 0 Å². The Bertz CT molecular complexity index is 747. The van der Waals surface area contributed by atoms with Crippen molar-refractivity contribution in [3.05, 3.63) is 36.2 Å². The van der Waals surface area contributed by atoms with Gasteiger partial charge in [0.2, 0.25) is 5.91 Å². The normalized spacial score (nSPS) is 17.4. The van der Waals surface area contributed by atoms with Crippen LogP contribution in [-0.2, 0) is 9.53 Å². The fourth-order valence-corrected chi connectivity index (χ4v) is 3.06. The Morgan fingerprint density at radius 3 is 2.85 bits per heavy atom. The molecule has 0 unspecified atom stereocenters. The van der Waals surface area contributed by atoms with Gasteiger partial charge in [-0.05, 0) is 25.0 Å². The van der Waals surface area contributed by atoms with Gasteiger partial charge in [0, 0.05) is 12.1 Å². The predicted molar refractivity (Wildman–Crippen MR) is 93.1 cm³/mol. The zero-order chi connectivity index (χ0) is 18.4. The maximum Gasteiger partial charge on any atom is 0.407 e.